The van der Waals surface area contributed by atoms with Gasteiger partial charge in [0.2, 0.25) is 0 Å². The molecule has 2 aromatic carbocycles. The number of para-hydroxylation sites is 2. The SMILES string of the molecule is CCC(=N)N(C)CCCc1c2ccccc2nc2ccccc12. The van der Waals surface area contributed by atoms with E-state index in [1.54, 1.807) is 0 Å². The van der Waals surface area contributed by atoms with Crippen molar-refractivity contribution in [3.63, 3.8) is 0 Å². The molecule has 0 aliphatic carbocycles. The number of amidine groups is 1. The Kier molecular flexibility index (Phi) is 4.56. The molecule has 118 valence electrons. The topological polar surface area (TPSA) is 40.0 Å². The van der Waals surface area contributed by atoms with Crippen molar-refractivity contribution >= 4 is 27.6 Å². The molecule has 0 saturated carbocycles. The maximum Gasteiger partial charge on any atom is 0.0952 e. The maximum atomic E-state index is 7.90. The van der Waals surface area contributed by atoms with E-state index in [1.165, 1.54) is 16.3 Å². The van der Waals surface area contributed by atoms with Crippen LogP contribution in [0.4, 0.5) is 0 Å². The van der Waals surface area contributed by atoms with Crippen LogP contribution in [0.25, 0.3) is 21.8 Å². The molecule has 3 nitrogen and oxygen atoms in total. The number of nitrogens with zero attached hydrogens (tertiary/aromatic N) is 2. The van der Waals surface area contributed by atoms with Crippen molar-refractivity contribution in [2.45, 2.75) is 26.2 Å². The van der Waals surface area contributed by atoms with Crippen molar-refractivity contribution in [2.24, 2.45) is 0 Å². The van der Waals surface area contributed by atoms with E-state index in [-0.39, 0.29) is 0 Å². The van der Waals surface area contributed by atoms with E-state index >= 15 is 0 Å². The molecule has 3 aromatic rings. The number of hydrogen-bond acceptors (Lipinski definition) is 2. The molecule has 0 aliphatic rings. The minimum atomic E-state index is 0.703. The van der Waals surface area contributed by atoms with Gasteiger partial charge in [-0.05, 0) is 30.5 Å². The van der Waals surface area contributed by atoms with Crippen molar-refractivity contribution in [2.75, 3.05) is 13.6 Å². The van der Waals surface area contributed by atoms with E-state index in [0.717, 1.165) is 36.8 Å². The van der Waals surface area contributed by atoms with Gasteiger partial charge in [-0.2, -0.15) is 0 Å². The van der Waals surface area contributed by atoms with Gasteiger partial charge in [0, 0.05) is 30.8 Å². The Morgan fingerprint density at radius 2 is 1.57 bits per heavy atom. The number of nitrogens with one attached hydrogen (secondary N) is 1. The molecular weight excluding hydrogens is 282 g/mol. The number of aryl methyl sites for hydroxylation is 1. The van der Waals surface area contributed by atoms with Crippen LogP contribution in [0.3, 0.4) is 0 Å². The summed E-state index contributed by atoms with van der Waals surface area (Å²) in [5, 5.41) is 10.4. The van der Waals surface area contributed by atoms with Crippen molar-refractivity contribution in [3.05, 3.63) is 54.1 Å². The van der Waals surface area contributed by atoms with Crippen LogP contribution in [0.15, 0.2) is 48.5 Å². The van der Waals surface area contributed by atoms with Crippen molar-refractivity contribution in [3.8, 4) is 0 Å². The second-order valence-electron chi connectivity index (χ2n) is 5.95. The normalized spacial score (nSPS) is 11.0. The minimum Gasteiger partial charge on any atom is -0.364 e. The van der Waals surface area contributed by atoms with Gasteiger partial charge in [0.15, 0.2) is 0 Å². The predicted molar refractivity (Wildman–Crippen MR) is 98.2 cm³/mol. The molecular formula is C20H23N3. The molecule has 3 rings (SSSR count). The number of fused-ring (bicyclic) bond motifs is 2. The molecule has 0 radical (unpaired) electrons. The summed E-state index contributed by atoms with van der Waals surface area (Å²) in [5.41, 5.74) is 3.51. The van der Waals surface area contributed by atoms with Gasteiger partial charge in [0.25, 0.3) is 0 Å². The molecule has 0 saturated heterocycles. The summed E-state index contributed by atoms with van der Waals surface area (Å²) in [6, 6.07) is 16.8. The summed E-state index contributed by atoms with van der Waals surface area (Å²) in [4.78, 5) is 6.83. The monoisotopic (exact) mass is 305 g/mol. The van der Waals surface area contributed by atoms with Gasteiger partial charge in [-0.3, -0.25) is 5.41 Å². The second-order valence-corrected chi connectivity index (χ2v) is 5.95. The molecule has 0 amide bonds. The van der Waals surface area contributed by atoms with Crippen molar-refractivity contribution < 1.29 is 0 Å². The zero-order chi connectivity index (χ0) is 16.2. The molecule has 1 aromatic heterocycles. The molecule has 0 fully saturated rings. The summed E-state index contributed by atoms with van der Waals surface area (Å²) in [6.07, 6.45) is 2.83. The Bertz CT molecular complexity index is 785. The second kappa shape index (κ2) is 6.78. The summed E-state index contributed by atoms with van der Waals surface area (Å²) in [5.74, 6) is 0.703. The fourth-order valence-corrected chi connectivity index (χ4v) is 3.09. The molecule has 0 spiro atoms. The highest BCUT2D eigenvalue weighted by molar-refractivity contribution is 5.97. The molecule has 0 atom stereocenters. The van der Waals surface area contributed by atoms with Gasteiger partial charge in [-0.1, -0.05) is 43.3 Å². The van der Waals surface area contributed by atoms with Gasteiger partial charge in [0.1, 0.15) is 0 Å². The number of pyridine rings is 1. The standard InChI is InChI=1S/C20H23N3/c1-3-20(21)23(2)14-8-11-15-16-9-4-6-12-18(16)22-19-13-7-5-10-17(15)19/h4-7,9-10,12-13,21H,3,8,11,14H2,1-2H3. The number of aromatic nitrogens is 1. The largest absolute Gasteiger partial charge is 0.364 e. The summed E-state index contributed by atoms with van der Waals surface area (Å²) in [7, 11) is 2.01. The number of benzene rings is 2. The van der Waals surface area contributed by atoms with E-state index in [2.05, 4.69) is 36.4 Å². The minimum absolute atomic E-state index is 0.703. The highest BCUT2D eigenvalue weighted by Crippen LogP contribution is 2.26. The van der Waals surface area contributed by atoms with Crippen LogP contribution >= 0.6 is 0 Å². The van der Waals surface area contributed by atoms with Crippen LogP contribution in [0.2, 0.25) is 0 Å². The van der Waals surface area contributed by atoms with Gasteiger partial charge in [0.05, 0.1) is 16.9 Å². The predicted octanol–water partition coefficient (Wildman–Crippen LogP) is 4.64. The lowest BCUT2D eigenvalue weighted by Gasteiger charge is -2.19. The van der Waals surface area contributed by atoms with Gasteiger partial charge >= 0.3 is 0 Å². The number of hydrogen-bond donors (Lipinski definition) is 1. The molecule has 1 N–H and O–H groups in total. The first-order valence-corrected chi connectivity index (χ1v) is 8.25. The van der Waals surface area contributed by atoms with E-state index in [9.17, 15) is 0 Å². The highest BCUT2D eigenvalue weighted by atomic mass is 15.1. The fourth-order valence-electron chi connectivity index (χ4n) is 3.09. The van der Waals surface area contributed by atoms with Crippen molar-refractivity contribution in [1.29, 1.82) is 5.41 Å². The summed E-state index contributed by atoms with van der Waals surface area (Å²) < 4.78 is 0. The third-order valence-corrected chi connectivity index (χ3v) is 4.42. The molecule has 23 heavy (non-hydrogen) atoms. The van der Waals surface area contributed by atoms with Crippen LogP contribution in [-0.2, 0) is 6.42 Å². The molecule has 0 aliphatic heterocycles. The first-order chi connectivity index (χ1) is 11.2. The van der Waals surface area contributed by atoms with Crippen molar-refractivity contribution in [1.82, 2.24) is 9.88 Å². The average molecular weight is 305 g/mol. The lowest BCUT2D eigenvalue weighted by molar-refractivity contribution is 0.477. The zero-order valence-corrected chi connectivity index (χ0v) is 13.8. The average Bonchev–Trinajstić information content (AvgIpc) is 2.60. The van der Waals surface area contributed by atoms with E-state index < -0.39 is 0 Å². The van der Waals surface area contributed by atoms with E-state index in [0.29, 0.717) is 5.84 Å². The van der Waals surface area contributed by atoms with Gasteiger partial charge in [-0.15, -0.1) is 0 Å². The molecule has 0 bridgehead atoms. The third-order valence-electron chi connectivity index (χ3n) is 4.42. The first-order valence-electron chi connectivity index (χ1n) is 8.25. The first kappa shape index (κ1) is 15.5. The molecule has 3 heteroatoms. The van der Waals surface area contributed by atoms with Crippen LogP contribution in [0, 0.1) is 5.41 Å². The van der Waals surface area contributed by atoms with Gasteiger partial charge in [-0.25, -0.2) is 4.98 Å². The Balaban J connectivity index is 1.92. The Morgan fingerprint density at radius 3 is 2.13 bits per heavy atom. The Morgan fingerprint density at radius 1 is 1.00 bits per heavy atom. The van der Waals surface area contributed by atoms with Crippen LogP contribution < -0.4 is 0 Å². The lowest BCUT2D eigenvalue weighted by atomic mass is 9.98. The lowest BCUT2D eigenvalue weighted by Crippen LogP contribution is -2.26. The molecule has 1 heterocycles. The van der Waals surface area contributed by atoms with E-state index in [4.69, 9.17) is 10.4 Å². The van der Waals surface area contributed by atoms with Crippen LogP contribution in [-0.4, -0.2) is 29.3 Å². The van der Waals surface area contributed by atoms with Gasteiger partial charge < -0.3 is 4.90 Å². The Labute approximate surface area is 137 Å². The van der Waals surface area contributed by atoms with E-state index in [1.807, 2.05) is 31.0 Å². The van der Waals surface area contributed by atoms with Crippen LogP contribution in [0.1, 0.15) is 25.3 Å². The summed E-state index contributed by atoms with van der Waals surface area (Å²) >= 11 is 0. The fraction of sp³-hybridized carbons (Fsp3) is 0.300. The maximum absolute atomic E-state index is 7.90. The summed E-state index contributed by atoms with van der Waals surface area (Å²) in [6.45, 7) is 2.94. The van der Waals surface area contributed by atoms with Crippen LogP contribution in [0.5, 0.6) is 0 Å². The quantitative estimate of drug-likeness (QED) is 0.424. The molecule has 0 unspecified atom stereocenters. The Hall–Kier alpha value is -2.42. The smallest absolute Gasteiger partial charge is 0.0952 e. The highest BCUT2D eigenvalue weighted by Gasteiger charge is 2.09. The third kappa shape index (κ3) is 3.19. The zero-order valence-electron chi connectivity index (χ0n) is 13.8. The number of rotatable bonds is 5.